The Hall–Kier alpha value is -1.05. The van der Waals surface area contributed by atoms with Gasteiger partial charge in [-0.15, -0.1) is 0 Å². The highest BCUT2D eigenvalue weighted by Crippen LogP contribution is 2.27. The number of hydrogen-bond donors (Lipinski definition) is 0. The molecule has 0 saturated carbocycles. The molecule has 0 amide bonds. The fourth-order valence-corrected chi connectivity index (χ4v) is 2.41. The van der Waals surface area contributed by atoms with Crippen LogP contribution in [0.3, 0.4) is 0 Å². The normalized spacial score (nSPS) is 10.4. The maximum absolute atomic E-state index is 8.88. The van der Waals surface area contributed by atoms with Gasteiger partial charge in [-0.2, -0.15) is 5.26 Å². The minimum absolute atomic E-state index is 0.690. The van der Waals surface area contributed by atoms with E-state index in [0.29, 0.717) is 5.56 Å². The minimum atomic E-state index is 0.690. The first-order valence-corrected chi connectivity index (χ1v) is 6.97. The molecule has 1 aromatic carbocycles. The van der Waals surface area contributed by atoms with E-state index in [4.69, 9.17) is 5.26 Å². The largest absolute Gasteiger partial charge is 0.369 e. The summed E-state index contributed by atoms with van der Waals surface area (Å²) in [6, 6.07) is 7.94. The van der Waals surface area contributed by atoms with Crippen LogP contribution in [-0.4, -0.2) is 38.6 Å². The number of likely N-dealkylation sites (N-methyl/N-ethyl adjacent to an activating group) is 1. The third-order valence-corrected chi connectivity index (χ3v) is 3.36. The highest BCUT2D eigenvalue weighted by molar-refractivity contribution is 9.10. The molecule has 0 bridgehead atoms. The van der Waals surface area contributed by atoms with E-state index in [-0.39, 0.29) is 0 Å². The van der Waals surface area contributed by atoms with Crippen LogP contribution < -0.4 is 4.90 Å². The van der Waals surface area contributed by atoms with Crippen LogP contribution in [0.2, 0.25) is 0 Å². The summed E-state index contributed by atoms with van der Waals surface area (Å²) in [6.07, 6.45) is 1.11. The molecular formula is C14H20BrN3. The van der Waals surface area contributed by atoms with Crippen molar-refractivity contribution in [3.63, 3.8) is 0 Å². The molecule has 0 N–H and O–H groups in total. The second-order valence-electron chi connectivity index (χ2n) is 4.57. The molecule has 0 aliphatic heterocycles. The Morgan fingerprint density at radius 1 is 1.22 bits per heavy atom. The van der Waals surface area contributed by atoms with Gasteiger partial charge in [0.25, 0.3) is 0 Å². The van der Waals surface area contributed by atoms with Crippen molar-refractivity contribution in [2.24, 2.45) is 0 Å². The molecule has 1 aromatic rings. The van der Waals surface area contributed by atoms with E-state index >= 15 is 0 Å². The van der Waals surface area contributed by atoms with Crippen LogP contribution in [0, 0.1) is 11.3 Å². The van der Waals surface area contributed by atoms with Gasteiger partial charge in [0.2, 0.25) is 0 Å². The molecular weight excluding hydrogens is 290 g/mol. The minimum Gasteiger partial charge on any atom is -0.369 e. The van der Waals surface area contributed by atoms with Crippen molar-refractivity contribution < 1.29 is 0 Å². The van der Waals surface area contributed by atoms with Crippen molar-refractivity contribution in [2.75, 3.05) is 38.6 Å². The lowest BCUT2D eigenvalue weighted by molar-refractivity contribution is 0.413. The average molecular weight is 310 g/mol. The summed E-state index contributed by atoms with van der Waals surface area (Å²) >= 11 is 3.56. The summed E-state index contributed by atoms with van der Waals surface area (Å²) in [6.45, 7) is 5.22. The molecule has 0 unspecified atom stereocenters. The Labute approximate surface area is 118 Å². The Balaban J connectivity index is 2.88. The van der Waals surface area contributed by atoms with Crippen LogP contribution in [0.25, 0.3) is 0 Å². The van der Waals surface area contributed by atoms with Gasteiger partial charge in [-0.05, 0) is 54.6 Å². The topological polar surface area (TPSA) is 30.3 Å². The van der Waals surface area contributed by atoms with Crippen molar-refractivity contribution in [1.82, 2.24) is 4.90 Å². The molecule has 1 rings (SSSR count). The summed E-state index contributed by atoms with van der Waals surface area (Å²) in [5.41, 5.74) is 1.85. The first-order valence-electron chi connectivity index (χ1n) is 6.17. The molecule has 0 fully saturated rings. The van der Waals surface area contributed by atoms with Gasteiger partial charge in [-0.1, -0.05) is 6.92 Å². The zero-order valence-electron chi connectivity index (χ0n) is 11.3. The first-order chi connectivity index (χ1) is 8.58. The molecule has 0 aromatic heterocycles. The predicted octanol–water partition coefficient (Wildman–Crippen LogP) is 3.10. The van der Waals surface area contributed by atoms with Crippen molar-refractivity contribution in [1.29, 1.82) is 5.26 Å². The Bertz CT molecular complexity index is 424. The lowest BCUT2D eigenvalue weighted by Gasteiger charge is -2.27. The van der Waals surface area contributed by atoms with E-state index in [1.54, 1.807) is 0 Å². The van der Waals surface area contributed by atoms with E-state index in [9.17, 15) is 0 Å². The third kappa shape index (κ3) is 4.32. The van der Waals surface area contributed by atoms with Crippen LogP contribution in [0.1, 0.15) is 18.9 Å². The molecule has 0 aliphatic carbocycles. The molecule has 0 radical (unpaired) electrons. The van der Waals surface area contributed by atoms with Crippen molar-refractivity contribution in [3.05, 3.63) is 28.2 Å². The molecule has 0 atom stereocenters. The maximum atomic E-state index is 8.88. The number of rotatable bonds is 6. The number of hydrogen-bond acceptors (Lipinski definition) is 3. The quantitative estimate of drug-likeness (QED) is 0.809. The number of nitriles is 1. The van der Waals surface area contributed by atoms with E-state index in [2.05, 4.69) is 52.8 Å². The fraction of sp³-hybridized carbons (Fsp3) is 0.500. The van der Waals surface area contributed by atoms with Gasteiger partial charge in [0, 0.05) is 24.1 Å². The second kappa shape index (κ2) is 7.40. The van der Waals surface area contributed by atoms with Gasteiger partial charge in [-0.3, -0.25) is 0 Å². The van der Waals surface area contributed by atoms with Gasteiger partial charge in [-0.25, -0.2) is 0 Å². The monoisotopic (exact) mass is 309 g/mol. The summed E-state index contributed by atoms with van der Waals surface area (Å²) in [5.74, 6) is 0. The summed E-state index contributed by atoms with van der Waals surface area (Å²) in [5, 5.41) is 8.88. The molecule has 98 valence electrons. The lowest BCUT2D eigenvalue weighted by Crippen LogP contribution is -2.32. The van der Waals surface area contributed by atoms with Crippen LogP contribution in [0.15, 0.2) is 22.7 Å². The highest BCUT2D eigenvalue weighted by Gasteiger charge is 2.10. The smallest absolute Gasteiger partial charge is 0.0992 e. The third-order valence-electron chi connectivity index (χ3n) is 2.73. The van der Waals surface area contributed by atoms with Crippen molar-refractivity contribution in [3.8, 4) is 6.07 Å². The van der Waals surface area contributed by atoms with E-state index in [1.165, 1.54) is 0 Å². The van der Waals surface area contributed by atoms with Gasteiger partial charge in [0.15, 0.2) is 0 Å². The number of nitrogens with zero attached hydrogens (tertiary/aromatic N) is 3. The zero-order chi connectivity index (χ0) is 13.5. The van der Waals surface area contributed by atoms with Crippen molar-refractivity contribution in [2.45, 2.75) is 13.3 Å². The Morgan fingerprint density at radius 3 is 2.44 bits per heavy atom. The van der Waals surface area contributed by atoms with Crippen LogP contribution in [0.5, 0.6) is 0 Å². The highest BCUT2D eigenvalue weighted by atomic mass is 79.9. The van der Waals surface area contributed by atoms with Gasteiger partial charge < -0.3 is 9.80 Å². The predicted molar refractivity (Wildman–Crippen MR) is 79.9 cm³/mol. The molecule has 0 heterocycles. The molecule has 0 saturated heterocycles. The van der Waals surface area contributed by atoms with Crippen LogP contribution in [0.4, 0.5) is 5.69 Å². The summed E-state index contributed by atoms with van der Waals surface area (Å²) in [7, 11) is 4.16. The van der Waals surface area contributed by atoms with E-state index in [0.717, 1.165) is 36.2 Å². The first kappa shape index (κ1) is 15.0. The molecule has 0 spiro atoms. The Kier molecular flexibility index (Phi) is 6.17. The SMILES string of the molecule is CCCN(CCN(C)C)c1ccc(C#N)cc1Br. The van der Waals surface area contributed by atoms with Gasteiger partial charge in [0.05, 0.1) is 17.3 Å². The van der Waals surface area contributed by atoms with E-state index in [1.807, 2.05) is 18.2 Å². The van der Waals surface area contributed by atoms with Gasteiger partial charge >= 0.3 is 0 Å². The Morgan fingerprint density at radius 2 is 1.94 bits per heavy atom. The number of benzene rings is 1. The zero-order valence-corrected chi connectivity index (χ0v) is 12.9. The summed E-state index contributed by atoms with van der Waals surface area (Å²) < 4.78 is 0.994. The maximum Gasteiger partial charge on any atom is 0.0992 e. The second-order valence-corrected chi connectivity index (χ2v) is 5.42. The fourth-order valence-electron chi connectivity index (χ4n) is 1.78. The molecule has 0 aliphatic rings. The van der Waals surface area contributed by atoms with Crippen LogP contribution >= 0.6 is 15.9 Å². The molecule has 3 nitrogen and oxygen atoms in total. The average Bonchev–Trinajstić information content (AvgIpc) is 2.34. The number of halogens is 1. The van der Waals surface area contributed by atoms with Gasteiger partial charge in [0.1, 0.15) is 0 Å². The molecule has 18 heavy (non-hydrogen) atoms. The van der Waals surface area contributed by atoms with E-state index < -0.39 is 0 Å². The van der Waals surface area contributed by atoms with Crippen molar-refractivity contribution >= 4 is 21.6 Å². The number of anilines is 1. The lowest BCUT2D eigenvalue weighted by atomic mass is 10.2. The standard InChI is InChI=1S/C14H20BrN3/c1-4-7-18(9-8-17(2)3)14-6-5-12(11-16)10-13(14)15/h5-6,10H,4,7-9H2,1-3H3. The van der Waals surface area contributed by atoms with Crippen LogP contribution in [-0.2, 0) is 0 Å². The molecule has 4 heteroatoms. The summed E-state index contributed by atoms with van der Waals surface area (Å²) in [4.78, 5) is 4.53.